The number of ether oxygens (including phenoxy) is 1. The van der Waals surface area contributed by atoms with Crippen molar-refractivity contribution in [2.75, 3.05) is 12.4 Å². The average molecular weight is 246 g/mol. The van der Waals surface area contributed by atoms with Crippen molar-refractivity contribution in [3.63, 3.8) is 0 Å². The zero-order valence-corrected chi connectivity index (χ0v) is 9.68. The minimum Gasteiger partial charge on any atom is -0.496 e. The van der Waals surface area contributed by atoms with E-state index in [1.165, 1.54) is 25.3 Å². The molecule has 0 saturated heterocycles. The zero-order valence-electron chi connectivity index (χ0n) is 9.68. The summed E-state index contributed by atoms with van der Waals surface area (Å²) in [6, 6.07) is 11.0. The Morgan fingerprint density at radius 3 is 2.72 bits per heavy atom. The number of hydrogen-bond acceptors (Lipinski definition) is 3. The number of benzene rings is 1. The van der Waals surface area contributed by atoms with Crippen molar-refractivity contribution >= 4 is 11.7 Å². The van der Waals surface area contributed by atoms with Crippen LogP contribution in [0.3, 0.4) is 0 Å². The Balaban J connectivity index is 2.22. The van der Waals surface area contributed by atoms with Crippen LogP contribution < -0.4 is 10.1 Å². The fourth-order valence-corrected chi connectivity index (χ4v) is 1.49. The van der Waals surface area contributed by atoms with E-state index in [0.29, 0.717) is 11.3 Å². The maximum atomic E-state index is 12.9. The second-order valence-corrected chi connectivity index (χ2v) is 3.50. The monoisotopic (exact) mass is 246 g/mol. The third-order valence-electron chi connectivity index (χ3n) is 2.31. The van der Waals surface area contributed by atoms with Gasteiger partial charge in [-0.3, -0.25) is 4.79 Å². The molecule has 0 aliphatic rings. The van der Waals surface area contributed by atoms with Crippen LogP contribution in [0.5, 0.6) is 5.75 Å². The average Bonchev–Trinajstić information content (AvgIpc) is 2.38. The Kier molecular flexibility index (Phi) is 3.52. The number of amides is 1. The summed E-state index contributed by atoms with van der Waals surface area (Å²) in [4.78, 5) is 15.5. The second kappa shape index (κ2) is 5.27. The fourth-order valence-electron chi connectivity index (χ4n) is 1.49. The van der Waals surface area contributed by atoms with Gasteiger partial charge in [-0.1, -0.05) is 18.2 Å². The highest BCUT2D eigenvalue weighted by molar-refractivity contribution is 6.05. The summed E-state index contributed by atoms with van der Waals surface area (Å²) in [5.41, 5.74) is 0.367. The highest BCUT2D eigenvalue weighted by atomic mass is 19.1. The van der Waals surface area contributed by atoms with Gasteiger partial charge >= 0.3 is 0 Å². The SMILES string of the molecule is COc1ccccc1C(=O)Nc1cccc(F)n1. The summed E-state index contributed by atoms with van der Waals surface area (Å²) in [5.74, 6) is -0.435. The Morgan fingerprint density at radius 1 is 1.22 bits per heavy atom. The van der Waals surface area contributed by atoms with Gasteiger partial charge in [-0.2, -0.15) is 4.39 Å². The second-order valence-electron chi connectivity index (χ2n) is 3.50. The molecule has 0 spiro atoms. The van der Waals surface area contributed by atoms with Gasteiger partial charge in [0.25, 0.3) is 5.91 Å². The lowest BCUT2D eigenvalue weighted by molar-refractivity contribution is 0.102. The molecule has 0 fully saturated rings. The summed E-state index contributed by atoms with van der Waals surface area (Å²) < 4.78 is 18.0. The van der Waals surface area contributed by atoms with Crippen LogP contribution in [-0.4, -0.2) is 18.0 Å². The van der Waals surface area contributed by atoms with Crippen LogP contribution in [0.1, 0.15) is 10.4 Å². The number of aromatic nitrogens is 1. The molecule has 2 aromatic rings. The molecule has 92 valence electrons. The minimum atomic E-state index is -0.646. The highest BCUT2D eigenvalue weighted by Gasteiger charge is 2.12. The van der Waals surface area contributed by atoms with Crippen molar-refractivity contribution in [3.8, 4) is 5.75 Å². The molecule has 0 aliphatic carbocycles. The highest BCUT2D eigenvalue weighted by Crippen LogP contribution is 2.18. The lowest BCUT2D eigenvalue weighted by atomic mass is 10.2. The molecule has 1 heterocycles. The molecule has 0 saturated carbocycles. The molecule has 0 unspecified atom stereocenters. The molecule has 1 aromatic heterocycles. The van der Waals surface area contributed by atoms with Crippen molar-refractivity contribution in [2.45, 2.75) is 0 Å². The standard InChI is InChI=1S/C13H11FN2O2/c1-18-10-6-3-2-5-9(10)13(17)16-12-8-4-7-11(14)15-12/h2-8H,1H3,(H,15,16,17). The minimum absolute atomic E-state index is 0.158. The van der Waals surface area contributed by atoms with E-state index in [2.05, 4.69) is 10.3 Å². The van der Waals surface area contributed by atoms with Gasteiger partial charge in [0.05, 0.1) is 12.7 Å². The molecule has 1 N–H and O–H groups in total. The van der Waals surface area contributed by atoms with Crippen molar-refractivity contribution in [2.24, 2.45) is 0 Å². The number of methoxy groups -OCH3 is 1. The summed E-state index contributed by atoms with van der Waals surface area (Å²) in [6.45, 7) is 0. The van der Waals surface area contributed by atoms with Gasteiger partial charge in [-0.15, -0.1) is 0 Å². The van der Waals surface area contributed by atoms with E-state index >= 15 is 0 Å². The Morgan fingerprint density at radius 2 is 2.00 bits per heavy atom. The molecular formula is C13H11FN2O2. The third kappa shape index (κ3) is 2.63. The number of carbonyl (C=O) groups is 1. The quantitative estimate of drug-likeness (QED) is 0.846. The van der Waals surface area contributed by atoms with E-state index in [1.54, 1.807) is 24.3 Å². The van der Waals surface area contributed by atoms with Crippen LogP contribution in [0, 0.1) is 5.95 Å². The Hall–Kier alpha value is -2.43. The van der Waals surface area contributed by atoms with Gasteiger partial charge in [-0.05, 0) is 24.3 Å². The number of halogens is 1. The van der Waals surface area contributed by atoms with Crippen molar-refractivity contribution in [3.05, 3.63) is 54.0 Å². The van der Waals surface area contributed by atoms with Crippen LogP contribution in [0.2, 0.25) is 0 Å². The molecular weight excluding hydrogens is 235 g/mol. The van der Waals surface area contributed by atoms with Gasteiger partial charge in [-0.25, -0.2) is 4.98 Å². The van der Waals surface area contributed by atoms with Crippen LogP contribution in [0.15, 0.2) is 42.5 Å². The summed E-state index contributed by atoms with van der Waals surface area (Å²) in [5, 5.41) is 2.50. The lowest BCUT2D eigenvalue weighted by Crippen LogP contribution is -2.14. The predicted octanol–water partition coefficient (Wildman–Crippen LogP) is 2.48. The largest absolute Gasteiger partial charge is 0.496 e. The topological polar surface area (TPSA) is 51.2 Å². The summed E-state index contributed by atoms with van der Waals surface area (Å²) in [6.07, 6.45) is 0. The van der Waals surface area contributed by atoms with E-state index in [9.17, 15) is 9.18 Å². The van der Waals surface area contributed by atoms with Gasteiger partial charge in [0.15, 0.2) is 0 Å². The number of nitrogens with one attached hydrogen (secondary N) is 1. The van der Waals surface area contributed by atoms with E-state index in [1.807, 2.05) is 0 Å². The van der Waals surface area contributed by atoms with E-state index in [-0.39, 0.29) is 5.82 Å². The number of nitrogens with zero attached hydrogens (tertiary/aromatic N) is 1. The molecule has 2 rings (SSSR count). The molecule has 1 aromatic carbocycles. The number of para-hydroxylation sites is 1. The third-order valence-corrected chi connectivity index (χ3v) is 2.31. The molecule has 4 nitrogen and oxygen atoms in total. The van der Waals surface area contributed by atoms with Crippen LogP contribution in [0.4, 0.5) is 10.2 Å². The Labute approximate surface area is 103 Å². The molecule has 0 radical (unpaired) electrons. The number of pyridine rings is 1. The van der Waals surface area contributed by atoms with Gasteiger partial charge in [0, 0.05) is 0 Å². The summed E-state index contributed by atoms with van der Waals surface area (Å²) >= 11 is 0. The van der Waals surface area contributed by atoms with Crippen LogP contribution >= 0.6 is 0 Å². The van der Waals surface area contributed by atoms with Gasteiger partial charge in [0.1, 0.15) is 11.6 Å². The Bertz CT molecular complexity index is 572. The first-order chi connectivity index (χ1) is 8.70. The maximum absolute atomic E-state index is 12.9. The smallest absolute Gasteiger partial charge is 0.260 e. The lowest BCUT2D eigenvalue weighted by Gasteiger charge is -2.08. The normalized spacial score (nSPS) is 9.89. The summed E-state index contributed by atoms with van der Waals surface area (Å²) in [7, 11) is 1.48. The first-order valence-electron chi connectivity index (χ1n) is 5.27. The molecule has 5 heteroatoms. The molecule has 0 atom stereocenters. The number of anilines is 1. The molecule has 0 bridgehead atoms. The van der Waals surface area contributed by atoms with E-state index < -0.39 is 11.9 Å². The van der Waals surface area contributed by atoms with Crippen molar-refractivity contribution < 1.29 is 13.9 Å². The van der Waals surface area contributed by atoms with Gasteiger partial charge < -0.3 is 10.1 Å². The molecule has 1 amide bonds. The number of carbonyl (C=O) groups excluding carboxylic acids is 1. The number of hydrogen-bond donors (Lipinski definition) is 1. The van der Waals surface area contributed by atoms with E-state index in [4.69, 9.17) is 4.74 Å². The number of rotatable bonds is 3. The first-order valence-corrected chi connectivity index (χ1v) is 5.27. The first kappa shape index (κ1) is 12.0. The van der Waals surface area contributed by atoms with Gasteiger partial charge in [0.2, 0.25) is 5.95 Å². The zero-order chi connectivity index (χ0) is 13.0. The van der Waals surface area contributed by atoms with Crippen LogP contribution in [0.25, 0.3) is 0 Å². The van der Waals surface area contributed by atoms with E-state index in [0.717, 1.165) is 0 Å². The fraction of sp³-hybridized carbons (Fsp3) is 0.0769. The maximum Gasteiger partial charge on any atom is 0.260 e. The van der Waals surface area contributed by atoms with Crippen molar-refractivity contribution in [1.29, 1.82) is 0 Å². The van der Waals surface area contributed by atoms with Crippen molar-refractivity contribution in [1.82, 2.24) is 4.98 Å². The molecule has 0 aliphatic heterocycles. The van der Waals surface area contributed by atoms with Crippen LogP contribution in [-0.2, 0) is 0 Å². The predicted molar refractivity (Wildman–Crippen MR) is 65.1 cm³/mol. The molecule has 18 heavy (non-hydrogen) atoms.